The van der Waals surface area contributed by atoms with Crippen LogP contribution in [0.2, 0.25) is 0 Å². The number of nitrogens with two attached hydrogens (primary N) is 1. The summed E-state index contributed by atoms with van der Waals surface area (Å²) in [7, 11) is 0. The molecule has 0 fully saturated rings. The van der Waals surface area contributed by atoms with Gasteiger partial charge in [0.05, 0.1) is 6.61 Å². The Morgan fingerprint density at radius 2 is 2.25 bits per heavy atom. The van der Waals surface area contributed by atoms with Gasteiger partial charge >= 0.3 is 0 Å². The molecule has 3 N–H and O–H groups in total. The zero-order valence-corrected chi connectivity index (χ0v) is 7.08. The van der Waals surface area contributed by atoms with E-state index in [1.807, 2.05) is 19.1 Å². The summed E-state index contributed by atoms with van der Waals surface area (Å²) in [6.07, 6.45) is 0. The van der Waals surface area contributed by atoms with Crippen LogP contribution in [0, 0.1) is 6.92 Å². The lowest BCUT2D eigenvalue weighted by molar-refractivity contribution is 0.200. The molecule has 66 valence electrons. The Labute approximate surface area is 71.8 Å². The van der Waals surface area contributed by atoms with Gasteiger partial charge in [0.15, 0.2) is 0 Å². The van der Waals surface area contributed by atoms with Crippen LogP contribution in [0.25, 0.3) is 0 Å². The van der Waals surface area contributed by atoms with Crippen molar-refractivity contribution in [3.8, 4) is 5.75 Å². The van der Waals surface area contributed by atoms with Crippen LogP contribution in [0.4, 0.5) is 5.69 Å². The van der Waals surface area contributed by atoms with E-state index in [1.165, 1.54) is 0 Å². The van der Waals surface area contributed by atoms with Gasteiger partial charge in [0, 0.05) is 11.8 Å². The van der Waals surface area contributed by atoms with Crippen molar-refractivity contribution in [3.63, 3.8) is 0 Å². The molecular weight excluding hydrogens is 154 g/mol. The Balaban J connectivity index is 2.75. The van der Waals surface area contributed by atoms with Crippen LogP contribution >= 0.6 is 0 Å². The molecule has 0 bridgehead atoms. The maximum absolute atomic E-state index is 8.53. The van der Waals surface area contributed by atoms with Gasteiger partial charge in [0.1, 0.15) is 12.4 Å². The average Bonchev–Trinajstić information content (AvgIpc) is 2.07. The Hall–Kier alpha value is -1.22. The molecule has 0 heterocycles. The SMILES string of the molecule is Cc1ccc(N)cc1OCCO. The molecule has 1 rings (SSSR count). The van der Waals surface area contributed by atoms with Crippen LogP contribution in [-0.2, 0) is 0 Å². The van der Waals surface area contributed by atoms with Crippen LogP contribution in [0.3, 0.4) is 0 Å². The van der Waals surface area contributed by atoms with E-state index in [2.05, 4.69) is 0 Å². The minimum atomic E-state index is 0.0221. The number of hydrogen-bond acceptors (Lipinski definition) is 3. The van der Waals surface area contributed by atoms with Crippen LogP contribution in [0.5, 0.6) is 5.75 Å². The molecule has 1 aromatic rings. The van der Waals surface area contributed by atoms with E-state index in [-0.39, 0.29) is 6.61 Å². The minimum absolute atomic E-state index is 0.0221. The lowest BCUT2D eigenvalue weighted by Gasteiger charge is -2.07. The number of benzene rings is 1. The third-order valence-electron chi connectivity index (χ3n) is 1.56. The lowest BCUT2D eigenvalue weighted by atomic mass is 10.2. The Morgan fingerprint density at radius 1 is 1.50 bits per heavy atom. The van der Waals surface area contributed by atoms with E-state index in [4.69, 9.17) is 15.6 Å². The first kappa shape index (κ1) is 8.87. The summed E-state index contributed by atoms with van der Waals surface area (Å²) in [5, 5.41) is 8.53. The summed E-state index contributed by atoms with van der Waals surface area (Å²) in [5.41, 5.74) is 7.26. The summed E-state index contributed by atoms with van der Waals surface area (Å²) >= 11 is 0. The summed E-state index contributed by atoms with van der Waals surface area (Å²) in [5.74, 6) is 0.740. The normalized spacial score (nSPS) is 9.83. The molecule has 0 aliphatic rings. The Morgan fingerprint density at radius 3 is 2.92 bits per heavy atom. The van der Waals surface area contributed by atoms with Gasteiger partial charge in [0.2, 0.25) is 0 Å². The molecule has 0 aliphatic carbocycles. The fourth-order valence-electron chi connectivity index (χ4n) is 0.928. The van der Waals surface area contributed by atoms with Crippen molar-refractivity contribution in [1.29, 1.82) is 0 Å². The van der Waals surface area contributed by atoms with Crippen molar-refractivity contribution in [1.82, 2.24) is 0 Å². The second kappa shape index (κ2) is 3.97. The van der Waals surface area contributed by atoms with Crippen LogP contribution in [-0.4, -0.2) is 18.3 Å². The highest BCUT2D eigenvalue weighted by molar-refractivity contribution is 5.47. The highest BCUT2D eigenvalue weighted by Crippen LogP contribution is 2.20. The molecule has 3 nitrogen and oxygen atoms in total. The summed E-state index contributed by atoms with van der Waals surface area (Å²) in [6.45, 7) is 2.27. The average molecular weight is 167 g/mol. The quantitative estimate of drug-likeness (QED) is 0.659. The maximum Gasteiger partial charge on any atom is 0.124 e. The number of ether oxygens (including phenoxy) is 1. The molecule has 3 heteroatoms. The molecule has 0 radical (unpaired) electrons. The highest BCUT2D eigenvalue weighted by atomic mass is 16.5. The van der Waals surface area contributed by atoms with Gasteiger partial charge in [-0.3, -0.25) is 0 Å². The van der Waals surface area contributed by atoms with E-state index in [1.54, 1.807) is 6.07 Å². The van der Waals surface area contributed by atoms with Gasteiger partial charge in [-0.15, -0.1) is 0 Å². The predicted molar refractivity (Wildman–Crippen MR) is 48.2 cm³/mol. The molecule has 0 atom stereocenters. The first-order valence-electron chi connectivity index (χ1n) is 3.84. The molecule has 0 spiro atoms. The Bertz CT molecular complexity index is 261. The van der Waals surface area contributed by atoms with E-state index in [9.17, 15) is 0 Å². The van der Waals surface area contributed by atoms with Crippen molar-refractivity contribution in [2.75, 3.05) is 18.9 Å². The monoisotopic (exact) mass is 167 g/mol. The summed E-state index contributed by atoms with van der Waals surface area (Å²) in [6, 6.07) is 5.47. The van der Waals surface area contributed by atoms with Crippen LogP contribution in [0.15, 0.2) is 18.2 Å². The molecule has 12 heavy (non-hydrogen) atoms. The summed E-state index contributed by atoms with van der Waals surface area (Å²) in [4.78, 5) is 0. The number of anilines is 1. The number of aliphatic hydroxyl groups is 1. The largest absolute Gasteiger partial charge is 0.491 e. The molecule has 1 aromatic carbocycles. The fraction of sp³-hybridized carbons (Fsp3) is 0.333. The van der Waals surface area contributed by atoms with Crippen molar-refractivity contribution >= 4 is 5.69 Å². The van der Waals surface area contributed by atoms with Crippen molar-refractivity contribution in [3.05, 3.63) is 23.8 Å². The third-order valence-corrected chi connectivity index (χ3v) is 1.56. The predicted octanol–water partition coefficient (Wildman–Crippen LogP) is 0.948. The van der Waals surface area contributed by atoms with Gasteiger partial charge in [-0.25, -0.2) is 0 Å². The second-order valence-corrected chi connectivity index (χ2v) is 2.60. The van der Waals surface area contributed by atoms with Crippen molar-refractivity contribution < 1.29 is 9.84 Å². The molecule has 0 amide bonds. The number of rotatable bonds is 3. The van der Waals surface area contributed by atoms with Crippen molar-refractivity contribution in [2.45, 2.75) is 6.92 Å². The first-order valence-corrected chi connectivity index (χ1v) is 3.84. The number of nitrogen functional groups attached to an aromatic ring is 1. The van der Waals surface area contributed by atoms with Gasteiger partial charge < -0.3 is 15.6 Å². The van der Waals surface area contributed by atoms with Gasteiger partial charge in [-0.05, 0) is 18.6 Å². The third kappa shape index (κ3) is 2.13. The lowest BCUT2D eigenvalue weighted by Crippen LogP contribution is -2.03. The van der Waals surface area contributed by atoms with Gasteiger partial charge in [-0.2, -0.15) is 0 Å². The van der Waals surface area contributed by atoms with Gasteiger partial charge in [0.25, 0.3) is 0 Å². The zero-order valence-electron chi connectivity index (χ0n) is 7.08. The molecule has 0 saturated heterocycles. The molecule has 0 aliphatic heterocycles. The van der Waals surface area contributed by atoms with E-state index < -0.39 is 0 Å². The maximum atomic E-state index is 8.53. The zero-order chi connectivity index (χ0) is 8.97. The van der Waals surface area contributed by atoms with E-state index in [0.717, 1.165) is 11.3 Å². The summed E-state index contributed by atoms with van der Waals surface area (Å²) < 4.78 is 5.24. The van der Waals surface area contributed by atoms with Crippen LogP contribution in [0.1, 0.15) is 5.56 Å². The van der Waals surface area contributed by atoms with Crippen LogP contribution < -0.4 is 10.5 Å². The molecule has 0 saturated carbocycles. The highest BCUT2D eigenvalue weighted by Gasteiger charge is 1.98. The second-order valence-electron chi connectivity index (χ2n) is 2.60. The fourth-order valence-corrected chi connectivity index (χ4v) is 0.928. The number of aryl methyl sites for hydroxylation is 1. The molecule has 0 aromatic heterocycles. The molecular formula is C9H13NO2. The number of aliphatic hydroxyl groups excluding tert-OH is 1. The standard InChI is InChI=1S/C9H13NO2/c1-7-2-3-8(10)6-9(7)12-5-4-11/h2-3,6,11H,4-5,10H2,1H3. The number of hydrogen-bond donors (Lipinski definition) is 2. The van der Waals surface area contributed by atoms with Gasteiger partial charge in [-0.1, -0.05) is 6.07 Å². The molecule has 0 unspecified atom stereocenters. The smallest absolute Gasteiger partial charge is 0.124 e. The van der Waals surface area contributed by atoms with Crippen molar-refractivity contribution in [2.24, 2.45) is 0 Å². The minimum Gasteiger partial charge on any atom is -0.491 e. The van der Waals surface area contributed by atoms with E-state index in [0.29, 0.717) is 12.3 Å². The Kier molecular flexibility index (Phi) is 2.94. The van der Waals surface area contributed by atoms with E-state index >= 15 is 0 Å². The first-order chi connectivity index (χ1) is 5.74. The topological polar surface area (TPSA) is 55.5 Å².